The lowest BCUT2D eigenvalue weighted by Gasteiger charge is -2.37. The first-order chi connectivity index (χ1) is 7.68. The molecule has 0 aliphatic heterocycles. The van der Waals surface area contributed by atoms with Gasteiger partial charge in [-0.1, -0.05) is 19.8 Å². The van der Waals surface area contributed by atoms with Crippen LogP contribution in [-0.2, 0) is 0 Å². The summed E-state index contributed by atoms with van der Waals surface area (Å²) in [6, 6.07) is 4.31. The molecule has 0 saturated heterocycles. The summed E-state index contributed by atoms with van der Waals surface area (Å²) in [5, 5.41) is 23.7. The lowest BCUT2D eigenvalue weighted by atomic mass is 9.66. The summed E-state index contributed by atoms with van der Waals surface area (Å²) >= 11 is 1.57. The Morgan fingerprint density at radius 2 is 2.50 bits per heavy atom. The van der Waals surface area contributed by atoms with Crippen molar-refractivity contribution in [1.82, 2.24) is 0 Å². The molecule has 1 heterocycles. The average Bonchev–Trinajstić information content (AvgIpc) is 2.81. The van der Waals surface area contributed by atoms with Gasteiger partial charge in [0.25, 0.3) is 0 Å². The molecule has 16 heavy (non-hydrogen) atoms. The predicted molar refractivity (Wildman–Crippen MR) is 65.0 cm³/mol. The van der Waals surface area contributed by atoms with E-state index in [0.717, 1.165) is 24.8 Å². The lowest BCUT2D eigenvalue weighted by Crippen LogP contribution is -2.32. The molecule has 0 radical (unpaired) electrons. The van der Waals surface area contributed by atoms with Crippen molar-refractivity contribution in [2.24, 2.45) is 11.3 Å². The third-order valence-electron chi connectivity index (χ3n) is 3.64. The number of thiophene rings is 1. The van der Waals surface area contributed by atoms with Gasteiger partial charge in [-0.25, -0.2) is 0 Å². The van der Waals surface area contributed by atoms with E-state index in [2.05, 4.69) is 13.0 Å². The van der Waals surface area contributed by atoms with Gasteiger partial charge in [-0.3, -0.25) is 0 Å². The van der Waals surface area contributed by atoms with Crippen LogP contribution in [0.3, 0.4) is 0 Å². The Labute approximate surface area is 101 Å². The fourth-order valence-electron chi connectivity index (χ4n) is 2.75. The average molecular weight is 235 g/mol. The van der Waals surface area contributed by atoms with E-state index in [0.29, 0.717) is 5.92 Å². The maximum absolute atomic E-state index is 10.4. The monoisotopic (exact) mass is 235 g/mol. The number of nitriles is 1. The molecular formula is C13H17NOS. The SMILES string of the molecule is CC1CCCC(C#N)(C(O)c2ccsc2)C1. The van der Waals surface area contributed by atoms with Gasteiger partial charge in [-0.2, -0.15) is 16.6 Å². The second-order valence-electron chi connectivity index (χ2n) is 4.93. The zero-order valence-electron chi connectivity index (χ0n) is 9.52. The molecule has 0 bridgehead atoms. The highest BCUT2D eigenvalue weighted by atomic mass is 32.1. The smallest absolute Gasteiger partial charge is 0.0984 e. The van der Waals surface area contributed by atoms with Gasteiger partial charge < -0.3 is 5.11 Å². The van der Waals surface area contributed by atoms with Crippen molar-refractivity contribution in [2.45, 2.75) is 38.7 Å². The van der Waals surface area contributed by atoms with Crippen LogP contribution in [-0.4, -0.2) is 5.11 Å². The Hall–Kier alpha value is -0.850. The van der Waals surface area contributed by atoms with Gasteiger partial charge in [0.2, 0.25) is 0 Å². The highest BCUT2D eigenvalue weighted by Crippen LogP contribution is 2.47. The van der Waals surface area contributed by atoms with E-state index >= 15 is 0 Å². The third kappa shape index (κ3) is 2.00. The van der Waals surface area contributed by atoms with Crippen molar-refractivity contribution >= 4 is 11.3 Å². The first-order valence-electron chi connectivity index (χ1n) is 5.79. The number of aliphatic hydroxyl groups is 1. The number of nitrogens with zero attached hydrogens (tertiary/aromatic N) is 1. The Balaban J connectivity index is 2.24. The summed E-state index contributed by atoms with van der Waals surface area (Å²) < 4.78 is 0. The van der Waals surface area contributed by atoms with Crippen LogP contribution in [0, 0.1) is 22.7 Å². The minimum absolute atomic E-state index is 0.543. The molecule has 1 fully saturated rings. The number of aliphatic hydroxyl groups excluding tert-OH is 1. The molecule has 1 N–H and O–H groups in total. The molecule has 3 unspecified atom stereocenters. The fraction of sp³-hybridized carbons (Fsp3) is 0.615. The Morgan fingerprint density at radius 1 is 1.69 bits per heavy atom. The Kier molecular flexibility index (Phi) is 3.32. The molecule has 1 aliphatic rings. The van der Waals surface area contributed by atoms with Gasteiger partial charge in [0.1, 0.15) is 0 Å². The molecule has 2 nitrogen and oxygen atoms in total. The van der Waals surface area contributed by atoms with Crippen LogP contribution in [0.4, 0.5) is 0 Å². The quantitative estimate of drug-likeness (QED) is 0.852. The van der Waals surface area contributed by atoms with Gasteiger partial charge >= 0.3 is 0 Å². The van der Waals surface area contributed by atoms with E-state index in [4.69, 9.17) is 0 Å². The minimum atomic E-state index is -0.619. The van der Waals surface area contributed by atoms with Crippen molar-refractivity contribution in [3.05, 3.63) is 22.4 Å². The van der Waals surface area contributed by atoms with Crippen molar-refractivity contribution in [2.75, 3.05) is 0 Å². The Bertz CT molecular complexity index is 381. The van der Waals surface area contributed by atoms with Crippen LogP contribution in [0.5, 0.6) is 0 Å². The van der Waals surface area contributed by atoms with E-state index in [9.17, 15) is 10.4 Å². The number of hydrogen-bond acceptors (Lipinski definition) is 3. The van der Waals surface area contributed by atoms with Crippen LogP contribution in [0.2, 0.25) is 0 Å². The molecule has 2 rings (SSSR count). The molecule has 3 heteroatoms. The second kappa shape index (κ2) is 4.57. The van der Waals surface area contributed by atoms with Crippen LogP contribution < -0.4 is 0 Å². The van der Waals surface area contributed by atoms with Crippen LogP contribution in [0.25, 0.3) is 0 Å². The summed E-state index contributed by atoms with van der Waals surface area (Å²) in [5.74, 6) is 0.543. The van der Waals surface area contributed by atoms with E-state index < -0.39 is 11.5 Å². The summed E-state index contributed by atoms with van der Waals surface area (Å²) in [5.41, 5.74) is 0.347. The van der Waals surface area contributed by atoms with Gasteiger partial charge in [-0.15, -0.1) is 0 Å². The molecule has 1 aliphatic carbocycles. The lowest BCUT2D eigenvalue weighted by molar-refractivity contribution is 0.0222. The first-order valence-corrected chi connectivity index (χ1v) is 6.74. The maximum atomic E-state index is 10.4. The molecule has 86 valence electrons. The third-order valence-corrected chi connectivity index (χ3v) is 4.34. The van der Waals surface area contributed by atoms with E-state index in [1.54, 1.807) is 11.3 Å². The molecule has 1 aromatic rings. The zero-order valence-corrected chi connectivity index (χ0v) is 10.3. The van der Waals surface area contributed by atoms with Crippen molar-refractivity contribution < 1.29 is 5.11 Å². The first kappa shape index (κ1) is 11.6. The van der Waals surface area contributed by atoms with E-state index in [1.165, 1.54) is 6.42 Å². The van der Waals surface area contributed by atoms with E-state index in [-0.39, 0.29) is 0 Å². The van der Waals surface area contributed by atoms with Gasteiger partial charge in [0.15, 0.2) is 0 Å². The van der Waals surface area contributed by atoms with Gasteiger partial charge in [-0.05, 0) is 41.1 Å². The Morgan fingerprint density at radius 3 is 3.06 bits per heavy atom. The largest absolute Gasteiger partial charge is 0.387 e. The number of hydrogen-bond donors (Lipinski definition) is 1. The topological polar surface area (TPSA) is 44.0 Å². The predicted octanol–water partition coefficient (Wildman–Crippen LogP) is 3.50. The molecule has 1 saturated carbocycles. The second-order valence-corrected chi connectivity index (χ2v) is 5.71. The minimum Gasteiger partial charge on any atom is -0.387 e. The zero-order chi connectivity index (χ0) is 11.6. The highest BCUT2D eigenvalue weighted by molar-refractivity contribution is 7.07. The molecule has 0 aromatic carbocycles. The highest BCUT2D eigenvalue weighted by Gasteiger charge is 2.42. The van der Waals surface area contributed by atoms with E-state index in [1.807, 2.05) is 16.8 Å². The molecule has 1 aromatic heterocycles. The van der Waals surface area contributed by atoms with Crippen molar-refractivity contribution in [3.63, 3.8) is 0 Å². The standard InChI is InChI=1S/C13H17NOS/c1-10-3-2-5-13(7-10,9-14)12(15)11-4-6-16-8-11/h4,6,8,10,12,15H,2-3,5,7H2,1H3. The summed E-state index contributed by atoms with van der Waals surface area (Å²) in [7, 11) is 0. The molecule has 0 spiro atoms. The summed E-state index contributed by atoms with van der Waals surface area (Å²) in [4.78, 5) is 0. The fourth-order valence-corrected chi connectivity index (χ4v) is 3.43. The number of rotatable bonds is 2. The van der Waals surface area contributed by atoms with Gasteiger partial charge in [0.05, 0.1) is 17.6 Å². The maximum Gasteiger partial charge on any atom is 0.0984 e. The molecular weight excluding hydrogens is 218 g/mol. The van der Waals surface area contributed by atoms with Crippen molar-refractivity contribution in [3.8, 4) is 6.07 Å². The van der Waals surface area contributed by atoms with Crippen LogP contribution in [0.15, 0.2) is 16.8 Å². The normalized spacial score (nSPS) is 31.9. The van der Waals surface area contributed by atoms with Crippen LogP contribution in [0.1, 0.15) is 44.3 Å². The summed E-state index contributed by atoms with van der Waals surface area (Å²) in [6.07, 6.45) is 3.26. The summed E-state index contributed by atoms with van der Waals surface area (Å²) in [6.45, 7) is 2.17. The van der Waals surface area contributed by atoms with Crippen molar-refractivity contribution in [1.29, 1.82) is 5.26 Å². The van der Waals surface area contributed by atoms with Crippen LogP contribution >= 0.6 is 11.3 Å². The van der Waals surface area contributed by atoms with Gasteiger partial charge in [0, 0.05) is 0 Å². The molecule has 0 amide bonds. The molecule has 3 atom stereocenters.